The van der Waals surface area contributed by atoms with Crippen molar-refractivity contribution in [1.29, 1.82) is 0 Å². The molecular weight excluding hydrogens is 193 g/mol. The Labute approximate surface area is 89.3 Å². The quantitative estimate of drug-likeness (QED) is 0.773. The van der Waals surface area contributed by atoms with E-state index in [1.807, 2.05) is 6.92 Å². The van der Waals surface area contributed by atoms with Gasteiger partial charge in [-0.15, -0.1) is 0 Å². The van der Waals surface area contributed by atoms with Gasteiger partial charge in [-0.05, 0) is 37.1 Å². The topological polar surface area (TPSA) is 43.1 Å². The van der Waals surface area contributed by atoms with E-state index < -0.39 is 0 Å². The number of ketones is 1. The molecule has 1 aromatic carbocycles. The molecular formula is C12H16FNO. The van der Waals surface area contributed by atoms with E-state index >= 15 is 0 Å². The van der Waals surface area contributed by atoms with E-state index in [0.29, 0.717) is 18.5 Å². The summed E-state index contributed by atoms with van der Waals surface area (Å²) in [5.41, 5.74) is 6.72. The molecule has 15 heavy (non-hydrogen) atoms. The fourth-order valence-corrected chi connectivity index (χ4v) is 1.40. The molecule has 2 nitrogen and oxygen atoms in total. The van der Waals surface area contributed by atoms with Crippen LogP contribution in [0.1, 0.15) is 29.3 Å². The van der Waals surface area contributed by atoms with Crippen LogP contribution in [-0.4, -0.2) is 12.3 Å². The summed E-state index contributed by atoms with van der Waals surface area (Å²) in [6, 6.07) is 4.27. The van der Waals surface area contributed by atoms with Crippen LogP contribution in [0.5, 0.6) is 0 Å². The Morgan fingerprint density at radius 2 is 2.20 bits per heavy atom. The Morgan fingerprint density at radius 1 is 1.53 bits per heavy atom. The van der Waals surface area contributed by atoms with Crippen LogP contribution >= 0.6 is 0 Å². The molecule has 1 unspecified atom stereocenters. The van der Waals surface area contributed by atoms with Crippen molar-refractivity contribution in [2.24, 2.45) is 11.7 Å². The van der Waals surface area contributed by atoms with E-state index in [-0.39, 0.29) is 17.5 Å². The zero-order chi connectivity index (χ0) is 11.4. The summed E-state index contributed by atoms with van der Waals surface area (Å²) in [4.78, 5) is 11.8. The second-order valence-corrected chi connectivity index (χ2v) is 3.93. The van der Waals surface area contributed by atoms with Crippen LogP contribution in [0.4, 0.5) is 4.39 Å². The third-order valence-electron chi connectivity index (χ3n) is 2.44. The van der Waals surface area contributed by atoms with Gasteiger partial charge in [0.05, 0.1) is 0 Å². The summed E-state index contributed by atoms with van der Waals surface area (Å²) >= 11 is 0. The molecule has 2 N–H and O–H groups in total. The molecule has 0 saturated heterocycles. The van der Waals surface area contributed by atoms with Gasteiger partial charge in [-0.3, -0.25) is 4.79 Å². The largest absolute Gasteiger partial charge is 0.330 e. The maximum Gasteiger partial charge on any atom is 0.163 e. The minimum absolute atomic E-state index is 0.0371. The third-order valence-corrected chi connectivity index (χ3v) is 2.44. The lowest BCUT2D eigenvalue weighted by molar-refractivity contribution is 0.0965. The third kappa shape index (κ3) is 3.13. The monoisotopic (exact) mass is 209 g/mol. The summed E-state index contributed by atoms with van der Waals surface area (Å²) in [5, 5.41) is 0. The second kappa shape index (κ2) is 5.03. The average Bonchev–Trinajstić information content (AvgIpc) is 2.21. The Hall–Kier alpha value is -1.22. The molecule has 0 heterocycles. The second-order valence-electron chi connectivity index (χ2n) is 3.93. The summed E-state index contributed by atoms with van der Waals surface area (Å²) in [6.45, 7) is 4.19. The minimum atomic E-state index is -0.371. The van der Waals surface area contributed by atoms with Crippen LogP contribution in [0.3, 0.4) is 0 Å². The van der Waals surface area contributed by atoms with E-state index in [4.69, 9.17) is 5.73 Å². The molecule has 82 valence electrons. The van der Waals surface area contributed by atoms with E-state index in [1.54, 1.807) is 13.0 Å². The zero-order valence-corrected chi connectivity index (χ0v) is 9.09. The van der Waals surface area contributed by atoms with Crippen molar-refractivity contribution < 1.29 is 9.18 Å². The lowest BCUT2D eigenvalue weighted by Gasteiger charge is -2.09. The van der Waals surface area contributed by atoms with Crippen LogP contribution in [0, 0.1) is 18.7 Å². The summed E-state index contributed by atoms with van der Waals surface area (Å²) in [5.74, 6) is -0.269. The molecule has 0 radical (unpaired) electrons. The molecule has 0 aromatic heterocycles. The summed E-state index contributed by atoms with van der Waals surface area (Å²) < 4.78 is 12.9. The first-order valence-corrected chi connectivity index (χ1v) is 5.04. The maximum absolute atomic E-state index is 12.9. The number of benzene rings is 1. The Balaban J connectivity index is 2.86. The highest BCUT2D eigenvalue weighted by molar-refractivity contribution is 5.97. The Kier molecular flexibility index (Phi) is 3.97. The SMILES string of the molecule is Cc1ccc(F)cc1C(=O)CC(C)CN. The van der Waals surface area contributed by atoms with Gasteiger partial charge in [0.15, 0.2) is 5.78 Å². The van der Waals surface area contributed by atoms with Crippen LogP contribution < -0.4 is 5.73 Å². The van der Waals surface area contributed by atoms with Gasteiger partial charge in [0.2, 0.25) is 0 Å². The number of nitrogens with two attached hydrogens (primary N) is 1. The van der Waals surface area contributed by atoms with E-state index in [0.717, 1.165) is 5.56 Å². The Morgan fingerprint density at radius 3 is 2.80 bits per heavy atom. The molecule has 0 amide bonds. The van der Waals surface area contributed by atoms with Crippen molar-refractivity contribution in [3.63, 3.8) is 0 Å². The van der Waals surface area contributed by atoms with Gasteiger partial charge in [0, 0.05) is 12.0 Å². The van der Waals surface area contributed by atoms with Crippen molar-refractivity contribution in [3.8, 4) is 0 Å². The number of halogens is 1. The van der Waals surface area contributed by atoms with Gasteiger partial charge in [0.25, 0.3) is 0 Å². The van der Waals surface area contributed by atoms with Gasteiger partial charge < -0.3 is 5.73 Å². The molecule has 0 aliphatic carbocycles. The predicted octanol–water partition coefficient (Wildman–Crippen LogP) is 2.30. The highest BCUT2D eigenvalue weighted by atomic mass is 19.1. The first kappa shape index (κ1) is 11.9. The maximum atomic E-state index is 12.9. The van der Waals surface area contributed by atoms with E-state index in [2.05, 4.69) is 0 Å². The molecule has 0 aliphatic rings. The summed E-state index contributed by atoms with van der Waals surface area (Å²) in [6.07, 6.45) is 0.376. The van der Waals surface area contributed by atoms with E-state index in [9.17, 15) is 9.18 Å². The van der Waals surface area contributed by atoms with Crippen LogP contribution in [0.2, 0.25) is 0 Å². The minimum Gasteiger partial charge on any atom is -0.330 e. The molecule has 0 fully saturated rings. The highest BCUT2D eigenvalue weighted by Crippen LogP contribution is 2.14. The lowest BCUT2D eigenvalue weighted by atomic mass is 9.97. The van der Waals surface area contributed by atoms with Gasteiger partial charge in [0.1, 0.15) is 5.82 Å². The molecule has 0 saturated carbocycles. The molecule has 0 aliphatic heterocycles. The lowest BCUT2D eigenvalue weighted by Crippen LogP contribution is -2.15. The van der Waals surface area contributed by atoms with Crippen molar-refractivity contribution in [2.45, 2.75) is 20.3 Å². The van der Waals surface area contributed by atoms with Gasteiger partial charge in [-0.2, -0.15) is 0 Å². The average molecular weight is 209 g/mol. The van der Waals surface area contributed by atoms with E-state index in [1.165, 1.54) is 12.1 Å². The number of aryl methyl sites for hydroxylation is 1. The molecule has 3 heteroatoms. The highest BCUT2D eigenvalue weighted by Gasteiger charge is 2.13. The smallest absolute Gasteiger partial charge is 0.163 e. The normalized spacial score (nSPS) is 12.5. The number of rotatable bonds is 4. The van der Waals surface area contributed by atoms with Crippen molar-refractivity contribution in [2.75, 3.05) is 6.54 Å². The van der Waals surface area contributed by atoms with Crippen LogP contribution in [-0.2, 0) is 0 Å². The summed E-state index contributed by atoms with van der Waals surface area (Å²) in [7, 11) is 0. The van der Waals surface area contributed by atoms with Crippen molar-refractivity contribution >= 4 is 5.78 Å². The van der Waals surface area contributed by atoms with Crippen LogP contribution in [0.15, 0.2) is 18.2 Å². The van der Waals surface area contributed by atoms with Gasteiger partial charge in [-0.1, -0.05) is 13.0 Å². The number of carbonyl (C=O) groups is 1. The zero-order valence-electron chi connectivity index (χ0n) is 9.09. The number of hydrogen-bond donors (Lipinski definition) is 1. The molecule has 0 bridgehead atoms. The van der Waals surface area contributed by atoms with Gasteiger partial charge >= 0.3 is 0 Å². The molecule has 1 rings (SSSR count). The van der Waals surface area contributed by atoms with Gasteiger partial charge in [-0.25, -0.2) is 4.39 Å². The Bertz CT molecular complexity index is 363. The van der Waals surface area contributed by atoms with Crippen molar-refractivity contribution in [1.82, 2.24) is 0 Å². The number of hydrogen-bond acceptors (Lipinski definition) is 2. The van der Waals surface area contributed by atoms with Crippen LogP contribution in [0.25, 0.3) is 0 Å². The first-order chi connectivity index (χ1) is 7.04. The molecule has 1 aromatic rings. The fourth-order valence-electron chi connectivity index (χ4n) is 1.40. The predicted molar refractivity (Wildman–Crippen MR) is 58.3 cm³/mol. The first-order valence-electron chi connectivity index (χ1n) is 5.04. The standard InChI is InChI=1S/C12H16FNO/c1-8(7-14)5-12(15)11-6-10(13)4-3-9(11)2/h3-4,6,8H,5,7,14H2,1-2H3. The van der Waals surface area contributed by atoms with Crippen molar-refractivity contribution in [3.05, 3.63) is 35.1 Å². The molecule has 0 spiro atoms. The number of Topliss-reactive ketones (excluding diaryl/α,β-unsaturated/α-hetero) is 1. The molecule has 1 atom stereocenters. The fraction of sp³-hybridized carbons (Fsp3) is 0.417. The number of carbonyl (C=O) groups excluding carboxylic acids is 1.